The molecule has 0 bridgehead atoms. The lowest BCUT2D eigenvalue weighted by atomic mass is 10.1. The molecule has 38 heavy (non-hydrogen) atoms. The Balaban J connectivity index is 1.34. The van der Waals surface area contributed by atoms with E-state index in [0.29, 0.717) is 27.8 Å². The molecule has 3 aromatic carbocycles. The molecular weight excluding hydrogens is 529 g/mol. The van der Waals surface area contributed by atoms with Crippen LogP contribution < -0.4 is 14.8 Å². The number of carbonyl (C=O) groups excluding carboxylic acids is 3. The monoisotopic (exact) mass is 549 g/mol. The maximum Gasteiger partial charge on any atom is 0.262 e. The number of ether oxygens (including phenoxy) is 2. The molecule has 8 nitrogen and oxygen atoms in total. The molecule has 0 radical (unpaired) electrons. The molecule has 10 heteroatoms. The summed E-state index contributed by atoms with van der Waals surface area (Å²) in [4.78, 5) is 43.5. The average Bonchev–Trinajstić information content (AvgIpc) is 3.15. The van der Waals surface area contributed by atoms with Crippen molar-refractivity contribution in [2.45, 2.75) is 13.5 Å². The quantitative estimate of drug-likeness (QED) is 0.298. The number of pyridine rings is 1. The summed E-state index contributed by atoms with van der Waals surface area (Å²) < 4.78 is 11.7. The van der Waals surface area contributed by atoms with Gasteiger partial charge in [-0.25, -0.2) is 4.98 Å². The zero-order chi connectivity index (χ0) is 27.0. The number of nitrogens with one attached hydrogen (secondary N) is 1. The fraction of sp³-hybridized carbons (Fsp3) is 0.143. The van der Waals surface area contributed by atoms with Gasteiger partial charge in [-0.05, 0) is 43.3 Å². The molecule has 192 valence electrons. The maximum atomic E-state index is 12.8. The van der Waals surface area contributed by atoms with E-state index in [4.69, 9.17) is 32.7 Å². The molecule has 1 aliphatic heterocycles. The van der Waals surface area contributed by atoms with Crippen molar-refractivity contribution in [1.82, 2.24) is 9.88 Å². The van der Waals surface area contributed by atoms with Crippen LogP contribution in [-0.2, 0) is 11.4 Å². The lowest BCUT2D eigenvalue weighted by Gasteiger charge is -2.18. The third kappa shape index (κ3) is 4.53. The van der Waals surface area contributed by atoms with Crippen LogP contribution in [0.1, 0.15) is 32.0 Å². The number of aromatic nitrogens is 1. The summed E-state index contributed by atoms with van der Waals surface area (Å²) in [5.41, 5.74) is 2.62. The number of amides is 3. The number of anilines is 1. The fourth-order valence-electron chi connectivity index (χ4n) is 4.34. The minimum atomic E-state index is -0.591. The van der Waals surface area contributed by atoms with E-state index in [9.17, 15) is 14.4 Å². The summed E-state index contributed by atoms with van der Waals surface area (Å²) in [5.74, 6) is -0.660. The highest BCUT2D eigenvalue weighted by Gasteiger charge is 2.36. The molecule has 5 rings (SSSR count). The van der Waals surface area contributed by atoms with Gasteiger partial charge < -0.3 is 14.8 Å². The number of benzene rings is 3. The van der Waals surface area contributed by atoms with E-state index in [-0.39, 0.29) is 28.4 Å². The molecule has 1 aliphatic rings. The topological polar surface area (TPSA) is 97.8 Å². The zero-order valence-electron chi connectivity index (χ0n) is 20.4. The highest BCUT2D eigenvalue weighted by Crippen LogP contribution is 2.39. The van der Waals surface area contributed by atoms with E-state index in [1.54, 1.807) is 37.4 Å². The third-order valence-corrected chi connectivity index (χ3v) is 6.96. The van der Waals surface area contributed by atoms with E-state index in [0.717, 1.165) is 15.8 Å². The average molecular weight is 550 g/mol. The fourth-order valence-corrected chi connectivity index (χ4v) is 4.87. The smallest absolute Gasteiger partial charge is 0.262 e. The summed E-state index contributed by atoms with van der Waals surface area (Å²) >= 11 is 13.0. The Morgan fingerprint density at radius 3 is 2.29 bits per heavy atom. The molecule has 0 spiro atoms. The van der Waals surface area contributed by atoms with Gasteiger partial charge in [0.05, 0.1) is 40.2 Å². The maximum absolute atomic E-state index is 12.8. The second-order valence-electron chi connectivity index (χ2n) is 8.54. The normalized spacial score (nSPS) is 12.6. The zero-order valence-corrected chi connectivity index (χ0v) is 21.9. The Hall–Kier alpha value is -4.14. The molecule has 0 fully saturated rings. The lowest BCUT2D eigenvalue weighted by Crippen LogP contribution is -2.37. The van der Waals surface area contributed by atoms with E-state index >= 15 is 0 Å². The summed E-state index contributed by atoms with van der Waals surface area (Å²) in [5, 5.41) is 3.95. The summed E-state index contributed by atoms with van der Waals surface area (Å²) in [6.45, 7) is 1.32. The standard InChI is InChI=1S/C28H21Cl2N3O5/c1-15-25(26(37-2)18-9-5-6-10-21(18)31-15)38-14-19-20(29)11-12-22(24(19)30)32-23(34)13-33-27(35)16-7-3-4-8-17(16)28(33)36/h3-12H,13-14H2,1-2H3,(H,32,34). The first-order chi connectivity index (χ1) is 18.3. The number of rotatable bonds is 7. The first kappa shape index (κ1) is 25.5. The molecule has 0 unspecified atom stereocenters. The molecular formula is C28H21Cl2N3O5. The van der Waals surface area contributed by atoms with Crippen LogP contribution in [0.5, 0.6) is 11.5 Å². The number of aryl methyl sites for hydroxylation is 1. The third-order valence-electron chi connectivity index (χ3n) is 6.18. The van der Waals surface area contributed by atoms with Crippen molar-refractivity contribution in [2.24, 2.45) is 0 Å². The minimum absolute atomic E-state index is 0.0308. The number of fused-ring (bicyclic) bond motifs is 2. The van der Waals surface area contributed by atoms with Gasteiger partial charge in [-0.2, -0.15) is 0 Å². The SMILES string of the molecule is COc1c(OCc2c(Cl)ccc(NC(=O)CN3C(=O)c4ccccc4C3=O)c2Cl)c(C)nc2ccccc12. The summed E-state index contributed by atoms with van der Waals surface area (Å²) in [7, 11) is 1.55. The largest absolute Gasteiger partial charge is 0.492 e. The van der Waals surface area contributed by atoms with Crippen LogP contribution in [0.25, 0.3) is 10.9 Å². The second kappa shape index (κ2) is 10.3. The van der Waals surface area contributed by atoms with Crippen LogP contribution >= 0.6 is 23.2 Å². The van der Waals surface area contributed by atoms with Crippen LogP contribution in [0.15, 0.2) is 60.7 Å². The Morgan fingerprint density at radius 2 is 1.61 bits per heavy atom. The van der Waals surface area contributed by atoms with Crippen molar-refractivity contribution >= 4 is 57.5 Å². The summed E-state index contributed by atoms with van der Waals surface area (Å²) in [6, 6.07) is 17.1. The number of nitrogens with zero attached hydrogens (tertiary/aromatic N) is 2. The predicted molar refractivity (Wildman–Crippen MR) is 144 cm³/mol. The van der Waals surface area contributed by atoms with E-state index < -0.39 is 24.3 Å². The number of imide groups is 1. The Kier molecular flexibility index (Phi) is 6.93. The van der Waals surface area contributed by atoms with Gasteiger partial charge in [-0.3, -0.25) is 19.3 Å². The molecule has 1 aromatic heterocycles. The highest BCUT2D eigenvalue weighted by molar-refractivity contribution is 6.38. The van der Waals surface area contributed by atoms with Gasteiger partial charge in [-0.1, -0.05) is 47.5 Å². The van der Waals surface area contributed by atoms with Gasteiger partial charge >= 0.3 is 0 Å². The number of methoxy groups -OCH3 is 1. The van der Waals surface area contributed by atoms with Gasteiger partial charge in [0.25, 0.3) is 11.8 Å². The molecule has 4 aromatic rings. The lowest BCUT2D eigenvalue weighted by molar-refractivity contribution is -0.116. The number of hydrogen-bond donors (Lipinski definition) is 1. The Bertz CT molecular complexity index is 1590. The molecule has 3 amide bonds. The molecule has 2 heterocycles. The van der Waals surface area contributed by atoms with Crippen molar-refractivity contribution < 1.29 is 23.9 Å². The van der Waals surface area contributed by atoms with Gasteiger partial charge in [0.1, 0.15) is 13.2 Å². The van der Waals surface area contributed by atoms with Crippen LogP contribution in [0.2, 0.25) is 10.0 Å². The van der Waals surface area contributed by atoms with Gasteiger partial charge in [0, 0.05) is 16.0 Å². The number of para-hydroxylation sites is 1. The van der Waals surface area contributed by atoms with Crippen LogP contribution in [-0.4, -0.2) is 41.3 Å². The molecule has 1 N–H and O–H groups in total. The highest BCUT2D eigenvalue weighted by atomic mass is 35.5. The van der Waals surface area contributed by atoms with E-state index in [2.05, 4.69) is 10.3 Å². The second-order valence-corrected chi connectivity index (χ2v) is 9.33. The number of halogens is 2. The number of carbonyl (C=O) groups is 3. The van der Waals surface area contributed by atoms with E-state index in [1.165, 1.54) is 6.07 Å². The predicted octanol–water partition coefficient (Wildman–Crippen LogP) is 5.67. The summed E-state index contributed by atoms with van der Waals surface area (Å²) in [6.07, 6.45) is 0. The van der Waals surface area contributed by atoms with Crippen LogP contribution in [0.3, 0.4) is 0 Å². The van der Waals surface area contributed by atoms with Crippen molar-refractivity contribution in [3.05, 3.63) is 93.1 Å². The first-order valence-corrected chi connectivity index (χ1v) is 12.3. The molecule has 0 aliphatic carbocycles. The van der Waals surface area contributed by atoms with Crippen LogP contribution in [0, 0.1) is 6.92 Å². The van der Waals surface area contributed by atoms with Crippen molar-refractivity contribution in [1.29, 1.82) is 0 Å². The molecule has 0 saturated carbocycles. The van der Waals surface area contributed by atoms with E-state index in [1.807, 2.05) is 31.2 Å². The van der Waals surface area contributed by atoms with Crippen LogP contribution in [0.4, 0.5) is 5.69 Å². The van der Waals surface area contributed by atoms with Crippen molar-refractivity contribution in [2.75, 3.05) is 19.0 Å². The van der Waals surface area contributed by atoms with Gasteiger partial charge in [-0.15, -0.1) is 0 Å². The van der Waals surface area contributed by atoms with Crippen molar-refractivity contribution in [3.63, 3.8) is 0 Å². The number of hydrogen-bond acceptors (Lipinski definition) is 6. The Morgan fingerprint density at radius 1 is 0.947 bits per heavy atom. The molecule has 0 atom stereocenters. The minimum Gasteiger partial charge on any atom is -0.492 e. The molecule has 0 saturated heterocycles. The Labute approximate surface area is 228 Å². The first-order valence-electron chi connectivity index (χ1n) is 11.6. The van der Waals surface area contributed by atoms with Crippen molar-refractivity contribution in [3.8, 4) is 11.5 Å². The van der Waals surface area contributed by atoms with Gasteiger partial charge in [0.2, 0.25) is 5.91 Å². The van der Waals surface area contributed by atoms with Gasteiger partial charge in [0.15, 0.2) is 11.5 Å².